The molecule has 0 aliphatic carbocycles. The summed E-state index contributed by atoms with van der Waals surface area (Å²) in [4.78, 5) is 36.8. The predicted octanol–water partition coefficient (Wildman–Crippen LogP) is 4.42. The molecular formula is C26H20N2O6. The maximum Gasteiger partial charge on any atom is 0.351 e. The Morgan fingerprint density at radius 1 is 1.00 bits per heavy atom. The Morgan fingerprint density at radius 3 is 2.50 bits per heavy atom. The van der Waals surface area contributed by atoms with Crippen LogP contribution in [0, 0.1) is 0 Å². The highest BCUT2D eigenvalue weighted by Gasteiger charge is 2.33. The zero-order valence-electron chi connectivity index (χ0n) is 18.5. The SMILES string of the molecule is CC(=O)c1c(OCC2=NN(C(C)=O)C(c3ccc4ccccc4c3)O2)c2ccccc2oc1=O. The van der Waals surface area contributed by atoms with Crippen LogP contribution in [0.25, 0.3) is 21.7 Å². The number of benzene rings is 3. The summed E-state index contributed by atoms with van der Waals surface area (Å²) in [6, 6.07) is 20.4. The van der Waals surface area contributed by atoms with Crippen molar-refractivity contribution in [1.29, 1.82) is 0 Å². The summed E-state index contributed by atoms with van der Waals surface area (Å²) in [6.45, 7) is 2.47. The second-order valence-corrected chi connectivity index (χ2v) is 7.87. The molecule has 1 aliphatic rings. The van der Waals surface area contributed by atoms with E-state index in [1.165, 1.54) is 18.9 Å². The van der Waals surface area contributed by atoms with Crippen LogP contribution in [0.2, 0.25) is 0 Å². The Morgan fingerprint density at radius 2 is 1.74 bits per heavy atom. The van der Waals surface area contributed by atoms with Crippen LogP contribution in [0.3, 0.4) is 0 Å². The van der Waals surface area contributed by atoms with Crippen LogP contribution in [-0.2, 0) is 9.53 Å². The van der Waals surface area contributed by atoms with Crippen molar-refractivity contribution in [3.8, 4) is 5.75 Å². The largest absolute Gasteiger partial charge is 0.482 e. The highest BCUT2D eigenvalue weighted by Crippen LogP contribution is 2.32. The number of ether oxygens (including phenoxy) is 2. The summed E-state index contributed by atoms with van der Waals surface area (Å²) >= 11 is 0. The Kier molecular flexibility index (Phi) is 5.33. The lowest BCUT2D eigenvalue weighted by Crippen LogP contribution is -2.25. The van der Waals surface area contributed by atoms with E-state index in [1.54, 1.807) is 24.3 Å². The number of nitrogens with zero attached hydrogens (tertiary/aromatic N) is 2. The van der Waals surface area contributed by atoms with Crippen LogP contribution in [0.1, 0.15) is 36.0 Å². The number of carbonyl (C=O) groups is 2. The molecule has 1 atom stereocenters. The third-order valence-electron chi connectivity index (χ3n) is 5.53. The lowest BCUT2D eigenvalue weighted by atomic mass is 10.1. The fraction of sp³-hybridized carbons (Fsp3) is 0.154. The first kappa shape index (κ1) is 21.4. The van der Waals surface area contributed by atoms with Crippen molar-refractivity contribution in [2.45, 2.75) is 20.1 Å². The van der Waals surface area contributed by atoms with Crippen molar-refractivity contribution in [1.82, 2.24) is 5.01 Å². The van der Waals surface area contributed by atoms with Gasteiger partial charge in [-0.1, -0.05) is 48.5 Å². The maximum absolute atomic E-state index is 12.4. The number of rotatable bonds is 5. The number of hydrogen-bond acceptors (Lipinski definition) is 7. The first-order valence-corrected chi connectivity index (χ1v) is 10.6. The van der Waals surface area contributed by atoms with Gasteiger partial charge in [0.2, 0.25) is 18.0 Å². The minimum Gasteiger partial charge on any atom is -0.482 e. The number of ketones is 1. The third-order valence-corrected chi connectivity index (χ3v) is 5.53. The van der Waals surface area contributed by atoms with Crippen LogP contribution < -0.4 is 10.4 Å². The summed E-state index contributed by atoms with van der Waals surface area (Å²) in [5.41, 5.74) is 0.0748. The van der Waals surface area contributed by atoms with Gasteiger partial charge in [-0.05, 0) is 35.9 Å². The van der Waals surface area contributed by atoms with Crippen LogP contribution in [-0.4, -0.2) is 29.2 Å². The topological polar surface area (TPSA) is 98.4 Å². The van der Waals surface area contributed by atoms with Crippen molar-refractivity contribution >= 4 is 39.3 Å². The summed E-state index contributed by atoms with van der Waals surface area (Å²) in [5, 5.41) is 8.07. The molecule has 3 aromatic carbocycles. The molecule has 0 spiro atoms. The Balaban J connectivity index is 1.46. The fourth-order valence-corrected chi connectivity index (χ4v) is 3.95. The second-order valence-electron chi connectivity index (χ2n) is 7.87. The molecule has 0 radical (unpaired) electrons. The minimum atomic E-state index is -0.783. The molecule has 8 heteroatoms. The molecule has 4 aromatic rings. The van der Waals surface area contributed by atoms with E-state index in [9.17, 15) is 14.4 Å². The van der Waals surface area contributed by atoms with Gasteiger partial charge in [0.25, 0.3) is 0 Å². The van der Waals surface area contributed by atoms with E-state index < -0.39 is 17.6 Å². The van der Waals surface area contributed by atoms with E-state index in [0.717, 1.165) is 16.3 Å². The molecule has 0 saturated carbocycles. The van der Waals surface area contributed by atoms with Crippen LogP contribution in [0.5, 0.6) is 5.75 Å². The van der Waals surface area contributed by atoms with Gasteiger partial charge in [0, 0.05) is 12.5 Å². The van der Waals surface area contributed by atoms with Crippen molar-refractivity contribution < 1.29 is 23.5 Å². The average Bonchev–Trinajstić information content (AvgIpc) is 3.26. The summed E-state index contributed by atoms with van der Waals surface area (Å²) in [7, 11) is 0. The molecule has 8 nitrogen and oxygen atoms in total. The Labute approximate surface area is 194 Å². The average molecular weight is 456 g/mol. The summed E-state index contributed by atoms with van der Waals surface area (Å²) < 4.78 is 17.1. The Bertz CT molecular complexity index is 1540. The third kappa shape index (κ3) is 3.79. The smallest absolute Gasteiger partial charge is 0.351 e. The lowest BCUT2D eigenvalue weighted by Gasteiger charge is -2.19. The van der Waals surface area contributed by atoms with Crippen LogP contribution >= 0.6 is 0 Å². The molecule has 1 unspecified atom stereocenters. The van der Waals surface area contributed by atoms with E-state index in [0.29, 0.717) is 11.0 Å². The molecule has 1 aliphatic heterocycles. The van der Waals surface area contributed by atoms with E-state index in [-0.39, 0.29) is 29.7 Å². The van der Waals surface area contributed by atoms with Gasteiger partial charge in [-0.15, -0.1) is 5.10 Å². The number of Topliss-reactive ketones (excluding diaryl/α,β-unsaturated/α-hetero) is 1. The lowest BCUT2D eigenvalue weighted by molar-refractivity contribution is -0.135. The predicted molar refractivity (Wildman–Crippen MR) is 126 cm³/mol. The quantitative estimate of drug-likeness (QED) is 0.326. The number of fused-ring (bicyclic) bond motifs is 2. The van der Waals surface area contributed by atoms with Gasteiger partial charge in [-0.2, -0.15) is 5.01 Å². The van der Waals surface area contributed by atoms with E-state index in [1.807, 2.05) is 42.5 Å². The Hall–Kier alpha value is -4.46. The number of carbonyl (C=O) groups excluding carboxylic acids is 2. The van der Waals surface area contributed by atoms with Crippen LogP contribution in [0.15, 0.2) is 81.0 Å². The van der Waals surface area contributed by atoms with Gasteiger partial charge in [-0.25, -0.2) is 4.79 Å². The van der Waals surface area contributed by atoms with Gasteiger partial charge in [0.1, 0.15) is 16.9 Å². The van der Waals surface area contributed by atoms with Crippen molar-refractivity contribution in [3.05, 3.63) is 88.3 Å². The maximum atomic E-state index is 12.4. The molecule has 0 fully saturated rings. The van der Waals surface area contributed by atoms with Gasteiger partial charge in [0.05, 0.1) is 5.39 Å². The molecular weight excluding hydrogens is 436 g/mol. The van der Waals surface area contributed by atoms with E-state index >= 15 is 0 Å². The molecule has 5 rings (SSSR count). The summed E-state index contributed by atoms with van der Waals surface area (Å²) in [5.74, 6) is -0.555. The highest BCUT2D eigenvalue weighted by atomic mass is 16.6. The standard InChI is InChI=1S/C26H20N2O6/c1-15(29)23-24(20-9-5-6-10-21(20)33-26(23)31)32-14-22-27-28(16(2)30)25(34-22)19-12-11-17-7-3-4-8-18(17)13-19/h3-13,25H,14H2,1-2H3. The molecule has 1 aromatic heterocycles. The first-order chi connectivity index (χ1) is 16.4. The van der Waals surface area contributed by atoms with Crippen molar-refractivity contribution in [2.24, 2.45) is 5.10 Å². The zero-order chi connectivity index (χ0) is 23.8. The highest BCUT2D eigenvalue weighted by molar-refractivity contribution is 6.01. The number of para-hydroxylation sites is 1. The number of amides is 1. The monoisotopic (exact) mass is 456 g/mol. The fourth-order valence-electron chi connectivity index (χ4n) is 3.95. The zero-order valence-corrected chi connectivity index (χ0v) is 18.5. The summed E-state index contributed by atoms with van der Waals surface area (Å²) in [6.07, 6.45) is -0.759. The molecule has 2 heterocycles. The van der Waals surface area contributed by atoms with Gasteiger partial charge in [-0.3, -0.25) is 9.59 Å². The van der Waals surface area contributed by atoms with Gasteiger partial charge >= 0.3 is 5.63 Å². The molecule has 170 valence electrons. The molecule has 0 N–H and O–H groups in total. The first-order valence-electron chi connectivity index (χ1n) is 10.6. The van der Waals surface area contributed by atoms with E-state index in [2.05, 4.69) is 5.10 Å². The number of hydrogen-bond donors (Lipinski definition) is 0. The molecule has 1 amide bonds. The van der Waals surface area contributed by atoms with Crippen LogP contribution in [0.4, 0.5) is 0 Å². The number of hydrazone groups is 1. The second kappa shape index (κ2) is 8.47. The van der Waals surface area contributed by atoms with E-state index in [4.69, 9.17) is 13.9 Å². The van der Waals surface area contributed by atoms with Gasteiger partial charge < -0.3 is 13.9 Å². The minimum absolute atomic E-state index is 0.0918. The normalized spacial score (nSPS) is 15.3. The van der Waals surface area contributed by atoms with Gasteiger partial charge in [0.15, 0.2) is 12.4 Å². The van der Waals surface area contributed by atoms with Crippen molar-refractivity contribution in [3.63, 3.8) is 0 Å². The van der Waals surface area contributed by atoms with Crippen molar-refractivity contribution in [2.75, 3.05) is 6.61 Å². The molecule has 34 heavy (non-hydrogen) atoms. The molecule has 0 saturated heterocycles. The molecule has 0 bridgehead atoms.